The Morgan fingerprint density at radius 2 is 2.00 bits per heavy atom. The van der Waals surface area contributed by atoms with E-state index in [2.05, 4.69) is 34.9 Å². The van der Waals surface area contributed by atoms with Gasteiger partial charge in [-0.3, -0.25) is 4.79 Å². The molecule has 2 N–H and O–H groups in total. The van der Waals surface area contributed by atoms with E-state index in [-0.39, 0.29) is 5.41 Å². The van der Waals surface area contributed by atoms with Gasteiger partial charge < -0.3 is 10.6 Å². The molecule has 2 aliphatic carbocycles. The number of rotatable bonds is 2. The number of fused-ring (bicyclic) bond motifs is 2. The van der Waals surface area contributed by atoms with E-state index < -0.39 is 0 Å². The van der Waals surface area contributed by atoms with E-state index in [1.807, 2.05) is 0 Å². The first kappa shape index (κ1) is 11.5. The molecule has 19 heavy (non-hydrogen) atoms. The van der Waals surface area contributed by atoms with Crippen LogP contribution in [0.5, 0.6) is 0 Å². The molecule has 100 valence electrons. The lowest BCUT2D eigenvalue weighted by atomic mass is 9.94. The molecule has 0 radical (unpaired) electrons. The number of piperidine rings is 1. The summed E-state index contributed by atoms with van der Waals surface area (Å²) in [6, 6.07) is 8.86. The molecule has 1 saturated carbocycles. The highest BCUT2D eigenvalue weighted by atomic mass is 16.2. The van der Waals surface area contributed by atoms with E-state index in [0.717, 1.165) is 38.8 Å². The molecular formula is C16H20N2O. The monoisotopic (exact) mass is 256 g/mol. The number of amides is 1. The molecule has 1 saturated heterocycles. The van der Waals surface area contributed by atoms with Gasteiger partial charge >= 0.3 is 0 Å². The van der Waals surface area contributed by atoms with Crippen LogP contribution >= 0.6 is 0 Å². The van der Waals surface area contributed by atoms with Crippen LogP contribution in [-0.2, 0) is 17.6 Å². The molecule has 2 atom stereocenters. The van der Waals surface area contributed by atoms with Gasteiger partial charge in [0.1, 0.15) is 0 Å². The Hall–Kier alpha value is -1.35. The van der Waals surface area contributed by atoms with Gasteiger partial charge in [0.2, 0.25) is 5.91 Å². The molecule has 3 aliphatic rings. The second-order valence-corrected chi connectivity index (χ2v) is 6.36. The number of benzene rings is 1. The van der Waals surface area contributed by atoms with Gasteiger partial charge in [0, 0.05) is 6.04 Å². The Labute approximate surface area is 113 Å². The Balaban J connectivity index is 1.43. The van der Waals surface area contributed by atoms with Gasteiger partial charge in [0.15, 0.2) is 0 Å². The minimum Gasteiger partial charge on any atom is -0.352 e. The zero-order valence-corrected chi connectivity index (χ0v) is 11.1. The van der Waals surface area contributed by atoms with Crippen molar-refractivity contribution in [2.45, 2.75) is 31.7 Å². The van der Waals surface area contributed by atoms with Crippen LogP contribution < -0.4 is 10.6 Å². The van der Waals surface area contributed by atoms with E-state index in [1.165, 1.54) is 11.1 Å². The minimum atomic E-state index is -0.0139. The van der Waals surface area contributed by atoms with Crippen molar-refractivity contribution in [1.29, 1.82) is 0 Å². The van der Waals surface area contributed by atoms with E-state index in [1.54, 1.807) is 0 Å². The van der Waals surface area contributed by atoms with Crippen LogP contribution in [0.1, 0.15) is 24.0 Å². The highest BCUT2D eigenvalue weighted by Crippen LogP contribution is 2.56. The predicted molar refractivity (Wildman–Crippen MR) is 73.8 cm³/mol. The highest BCUT2D eigenvalue weighted by Gasteiger charge is 2.60. The third-order valence-corrected chi connectivity index (χ3v) is 5.21. The zero-order chi connectivity index (χ0) is 12.9. The van der Waals surface area contributed by atoms with Gasteiger partial charge in [0.25, 0.3) is 0 Å². The van der Waals surface area contributed by atoms with E-state index in [0.29, 0.717) is 17.9 Å². The number of carbonyl (C=O) groups excluding carboxylic acids is 1. The Bertz CT molecular complexity index is 502. The molecule has 1 heterocycles. The van der Waals surface area contributed by atoms with Crippen LogP contribution in [0.4, 0.5) is 0 Å². The Morgan fingerprint density at radius 1 is 1.26 bits per heavy atom. The number of hydrogen-bond acceptors (Lipinski definition) is 2. The summed E-state index contributed by atoms with van der Waals surface area (Å²) in [6.07, 6.45) is 4.11. The van der Waals surface area contributed by atoms with Gasteiger partial charge in [-0.2, -0.15) is 0 Å². The second-order valence-electron chi connectivity index (χ2n) is 6.36. The van der Waals surface area contributed by atoms with Gasteiger partial charge in [-0.15, -0.1) is 0 Å². The van der Waals surface area contributed by atoms with Crippen molar-refractivity contribution in [3.05, 3.63) is 35.4 Å². The van der Waals surface area contributed by atoms with E-state index in [4.69, 9.17) is 0 Å². The third-order valence-electron chi connectivity index (χ3n) is 5.21. The highest BCUT2D eigenvalue weighted by molar-refractivity contribution is 5.86. The van der Waals surface area contributed by atoms with Gasteiger partial charge in [-0.05, 0) is 55.8 Å². The summed E-state index contributed by atoms with van der Waals surface area (Å²) in [7, 11) is 0. The minimum absolute atomic E-state index is 0.0139. The summed E-state index contributed by atoms with van der Waals surface area (Å²) in [5, 5.41) is 6.69. The fraction of sp³-hybridized carbons (Fsp3) is 0.562. The van der Waals surface area contributed by atoms with Crippen LogP contribution in [0.3, 0.4) is 0 Å². The molecular weight excluding hydrogens is 236 g/mol. The molecule has 1 aliphatic heterocycles. The predicted octanol–water partition coefficient (Wildman–Crippen LogP) is 1.27. The van der Waals surface area contributed by atoms with Gasteiger partial charge in [-0.25, -0.2) is 0 Å². The van der Waals surface area contributed by atoms with Crippen LogP contribution in [-0.4, -0.2) is 25.0 Å². The van der Waals surface area contributed by atoms with Crippen LogP contribution in [0.2, 0.25) is 0 Å². The molecule has 1 amide bonds. The zero-order valence-electron chi connectivity index (χ0n) is 11.1. The number of hydrogen-bond donors (Lipinski definition) is 2. The average molecular weight is 256 g/mol. The lowest BCUT2D eigenvalue weighted by Gasteiger charge is -2.24. The van der Waals surface area contributed by atoms with Crippen molar-refractivity contribution in [2.24, 2.45) is 11.3 Å². The van der Waals surface area contributed by atoms with Gasteiger partial charge in [0.05, 0.1) is 5.41 Å². The summed E-state index contributed by atoms with van der Waals surface area (Å²) in [6.45, 7) is 2.02. The van der Waals surface area contributed by atoms with Crippen molar-refractivity contribution in [2.75, 3.05) is 13.1 Å². The summed E-state index contributed by atoms with van der Waals surface area (Å²) < 4.78 is 0. The van der Waals surface area contributed by atoms with Crippen LogP contribution in [0, 0.1) is 11.3 Å². The first-order valence-electron chi connectivity index (χ1n) is 7.36. The molecule has 0 aromatic heterocycles. The molecule has 0 bridgehead atoms. The third kappa shape index (κ3) is 1.79. The first-order valence-corrected chi connectivity index (χ1v) is 7.36. The Morgan fingerprint density at radius 3 is 2.68 bits per heavy atom. The molecule has 4 rings (SSSR count). The summed E-state index contributed by atoms with van der Waals surface area (Å²) >= 11 is 0. The SMILES string of the molecule is O=C(NC1Cc2ccccc2C1)C12CCNCC1C2. The molecule has 1 aromatic carbocycles. The summed E-state index contributed by atoms with van der Waals surface area (Å²) in [5.74, 6) is 0.904. The molecule has 3 heteroatoms. The summed E-state index contributed by atoms with van der Waals surface area (Å²) in [5.41, 5.74) is 2.80. The fourth-order valence-corrected chi connectivity index (χ4v) is 3.92. The normalized spacial score (nSPS) is 32.5. The average Bonchev–Trinajstić information content (AvgIpc) is 3.05. The number of carbonyl (C=O) groups is 1. The van der Waals surface area contributed by atoms with E-state index >= 15 is 0 Å². The van der Waals surface area contributed by atoms with Gasteiger partial charge in [-0.1, -0.05) is 24.3 Å². The second kappa shape index (κ2) is 4.07. The maximum Gasteiger partial charge on any atom is 0.226 e. The van der Waals surface area contributed by atoms with E-state index in [9.17, 15) is 4.79 Å². The quantitative estimate of drug-likeness (QED) is 0.836. The van der Waals surface area contributed by atoms with Crippen LogP contribution in [0.25, 0.3) is 0 Å². The van der Waals surface area contributed by atoms with Crippen molar-refractivity contribution in [1.82, 2.24) is 10.6 Å². The largest absolute Gasteiger partial charge is 0.352 e. The molecule has 2 fully saturated rings. The maximum absolute atomic E-state index is 12.5. The standard InChI is InChI=1S/C16H20N2O/c19-15(16-5-6-17-10-13(16)9-16)18-14-7-11-3-1-2-4-12(11)8-14/h1-4,13-14,17H,5-10H2,(H,18,19). The fourth-order valence-electron chi connectivity index (χ4n) is 3.92. The maximum atomic E-state index is 12.5. The van der Waals surface area contributed by atoms with Crippen molar-refractivity contribution < 1.29 is 4.79 Å². The lowest BCUT2D eigenvalue weighted by molar-refractivity contribution is -0.128. The summed E-state index contributed by atoms with van der Waals surface area (Å²) in [4.78, 5) is 12.5. The number of nitrogens with one attached hydrogen (secondary N) is 2. The smallest absolute Gasteiger partial charge is 0.226 e. The molecule has 1 aromatic rings. The lowest BCUT2D eigenvalue weighted by Crippen LogP contribution is -2.44. The molecule has 0 spiro atoms. The van der Waals surface area contributed by atoms with Crippen molar-refractivity contribution in [3.63, 3.8) is 0 Å². The molecule has 3 nitrogen and oxygen atoms in total. The first-order chi connectivity index (χ1) is 9.28. The van der Waals surface area contributed by atoms with Crippen LogP contribution in [0.15, 0.2) is 24.3 Å². The Kier molecular flexibility index (Phi) is 2.46. The molecule has 2 unspecified atom stereocenters. The topological polar surface area (TPSA) is 41.1 Å². The van der Waals surface area contributed by atoms with Crippen molar-refractivity contribution >= 4 is 5.91 Å². The van der Waals surface area contributed by atoms with Crippen molar-refractivity contribution in [3.8, 4) is 0 Å².